The lowest BCUT2D eigenvalue weighted by molar-refractivity contribution is -0.119. The Morgan fingerprint density at radius 2 is 2.00 bits per heavy atom. The van der Waals surface area contributed by atoms with Crippen molar-refractivity contribution in [2.24, 2.45) is 11.7 Å². The number of aromatic nitrogens is 2. The number of anilines is 1. The molecule has 2 aromatic rings. The summed E-state index contributed by atoms with van der Waals surface area (Å²) in [6.45, 7) is 9.66. The van der Waals surface area contributed by atoms with Crippen molar-refractivity contribution in [1.29, 1.82) is 0 Å². The van der Waals surface area contributed by atoms with E-state index in [0.717, 1.165) is 46.4 Å². The van der Waals surface area contributed by atoms with E-state index in [0.29, 0.717) is 19.5 Å². The van der Waals surface area contributed by atoms with Crippen LogP contribution in [0.25, 0.3) is 10.2 Å². The molecule has 152 valence electrons. The second-order valence-electron chi connectivity index (χ2n) is 8.35. The minimum absolute atomic E-state index is 0.350. The fourth-order valence-electron chi connectivity index (χ4n) is 4.29. The van der Waals surface area contributed by atoms with E-state index >= 15 is 0 Å². The van der Waals surface area contributed by atoms with Gasteiger partial charge >= 0.3 is 0 Å². The van der Waals surface area contributed by atoms with E-state index in [1.165, 1.54) is 17.7 Å². The number of carbonyl (C=O) groups excluding carboxylic acids is 1. The predicted molar refractivity (Wildman–Crippen MR) is 112 cm³/mol. The summed E-state index contributed by atoms with van der Waals surface area (Å²) in [4.78, 5) is 28.2. The maximum atomic E-state index is 12.0. The van der Waals surface area contributed by atoms with E-state index < -0.39 is 18.1 Å². The average Bonchev–Trinajstić information content (AvgIpc) is 3.17. The predicted octanol–water partition coefficient (Wildman–Crippen LogP) is 1.96. The van der Waals surface area contributed by atoms with Crippen molar-refractivity contribution < 1.29 is 9.90 Å². The van der Waals surface area contributed by atoms with E-state index in [2.05, 4.69) is 25.7 Å². The highest BCUT2D eigenvalue weighted by molar-refractivity contribution is 7.18. The standard InChI is InChI=1S/C20H29N5O2S/c1-11-4-6-24(7-5-11)10-16-22-19(17-12(2)13(3)28-20(17)23-16)25-9-14(26)8-15(25)18(21)27/h11,14-15,26H,4-10H2,1-3H3,(H2,21,27). The second-order valence-corrected chi connectivity index (χ2v) is 9.55. The number of aryl methyl sites for hydroxylation is 2. The third-order valence-electron chi connectivity index (χ3n) is 6.18. The monoisotopic (exact) mass is 403 g/mol. The van der Waals surface area contributed by atoms with Crippen molar-refractivity contribution in [3.8, 4) is 0 Å². The van der Waals surface area contributed by atoms with E-state index in [-0.39, 0.29) is 0 Å². The highest BCUT2D eigenvalue weighted by Crippen LogP contribution is 2.37. The smallest absolute Gasteiger partial charge is 0.240 e. The van der Waals surface area contributed by atoms with Gasteiger partial charge in [-0.3, -0.25) is 9.69 Å². The number of nitrogens with zero attached hydrogens (tertiary/aromatic N) is 4. The van der Waals surface area contributed by atoms with Gasteiger partial charge in [0.15, 0.2) is 0 Å². The minimum Gasteiger partial charge on any atom is -0.391 e. The number of hydrogen-bond donors (Lipinski definition) is 2. The fraction of sp³-hybridized carbons (Fsp3) is 0.650. The van der Waals surface area contributed by atoms with Crippen molar-refractivity contribution in [3.05, 3.63) is 16.3 Å². The maximum absolute atomic E-state index is 12.0. The lowest BCUT2D eigenvalue weighted by Gasteiger charge is -2.30. The summed E-state index contributed by atoms with van der Waals surface area (Å²) in [5, 5.41) is 11.2. The molecule has 2 aliphatic heterocycles. The second kappa shape index (κ2) is 7.57. The summed E-state index contributed by atoms with van der Waals surface area (Å²) in [6.07, 6.45) is 2.18. The number of fused-ring (bicyclic) bond motifs is 1. The van der Waals surface area contributed by atoms with Crippen molar-refractivity contribution in [2.45, 2.75) is 58.7 Å². The van der Waals surface area contributed by atoms with Gasteiger partial charge in [0.2, 0.25) is 5.91 Å². The van der Waals surface area contributed by atoms with Crippen LogP contribution >= 0.6 is 11.3 Å². The normalized spacial score (nSPS) is 24.4. The number of β-amino-alcohol motifs (C(OH)–C–C–N with tert-alkyl or cyclic N) is 1. The number of piperidine rings is 1. The molecule has 2 atom stereocenters. The molecule has 7 nitrogen and oxygen atoms in total. The summed E-state index contributed by atoms with van der Waals surface area (Å²) in [6, 6.07) is -0.531. The van der Waals surface area contributed by atoms with Crippen molar-refractivity contribution in [3.63, 3.8) is 0 Å². The van der Waals surface area contributed by atoms with Crippen LogP contribution in [-0.2, 0) is 11.3 Å². The first-order valence-electron chi connectivity index (χ1n) is 10.1. The topological polar surface area (TPSA) is 95.6 Å². The molecule has 2 unspecified atom stereocenters. The van der Waals surface area contributed by atoms with Crippen LogP contribution in [0.2, 0.25) is 0 Å². The molecule has 2 fully saturated rings. The Morgan fingerprint density at radius 1 is 1.29 bits per heavy atom. The van der Waals surface area contributed by atoms with Gasteiger partial charge in [0, 0.05) is 17.8 Å². The van der Waals surface area contributed by atoms with Gasteiger partial charge in [-0.05, 0) is 51.3 Å². The third kappa shape index (κ3) is 3.60. The Kier molecular flexibility index (Phi) is 5.28. The maximum Gasteiger partial charge on any atom is 0.240 e. The summed E-state index contributed by atoms with van der Waals surface area (Å²) in [5.41, 5.74) is 6.77. The molecule has 0 aliphatic carbocycles. The van der Waals surface area contributed by atoms with Gasteiger partial charge in [0.05, 0.1) is 18.0 Å². The van der Waals surface area contributed by atoms with Gasteiger partial charge in [0.1, 0.15) is 22.5 Å². The van der Waals surface area contributed by atoms with E-state index in [9.17, 15) is 9.90 Å². The lowest BCUT2D eigenvalue weighted by Crippen LogP contribution is -2.41. The molecule has 0 radical (unpaired) electrons. The summed E-state index contributed by atoms with van der Waals surface area (Å²) >= 11 is 1.66. The summed E-state index contributed by atoms with van der Waals surface area (Å²) < 4.78 is 0. The van der Waals surface area contributed by atoms with Crippen molar-refractivity contribution >= 4 is 33.3 Å². The molecule has 0 bridgehead atoms. The molecule has 1 amide bonds. The Labute approximate surface area is 169 Å². The van der Waals surface area contributed by atoms with Gasteiger partial charge in [-0.15, -0.1) is 11.3 Å². The highest BCUT2D eigenvalue weighted by atomic mass is 32.1. The summed E-state index contributed by atoms with van der Waals surface area (Å²) in [5.74, 6) is 1.88. The minimum atomic E-state index is -0.574. The van der Waals surface area contributed by atoms with Gasteiger partial charge in [-0.25, -0.2) is 9.97 Å². The number of carbonyl (C=O) groups is 1. The molecule has 2 aromatic heterocycles. The van der Waals surface area contributed by atoms with Crippen molar-refractivity contribution in [1.82, 2.24) is 14.9 Å². The molecule has 0 aromatic carbocycles. The number of nitrogens with two attached hydrogens (primary N) is 1. The SMILES string of the molecule is Cc1sc2nc(CN3CCC(C)CC3)nc(N3CC(O)CC3C(N)=O)c2c1C. The Balaban J connectivity index is 1.74. The molecule has 4 rings (SSSR count). The number of hydrogen-bond acceptors (Lipinski definition) is 7. The highest BCUT2D eigenvalue weighted by Gasteiger charge is 2.37. The number of aliphatic hydroxyl groups is 1. The molecule has 3 N–H and O–H groups in total. The largest absolute Gasteiger partial charge is 0.391 e. The quantitative estimate of drug-likeness (QED) is 0.810. The first kappa shape index (κ1) is 19.5. The van der Waals surface area contributed by atoms with Crippen LogP contribution in [0.5, 0.6) is 0 Å². The van der Waals surface area contributed by atoms with Gasteiger partial charge in [-0.1, -0.05) is 6.92 Å². The number of amides is 1. The Bertz CT molecular complexity index is 890. The fourth-order valence-corrected chi connectivity index (χ4v) is 5.33. The van der Waals surface area contributed by atoms with Crippen LogP contribution in [0.4, 0.5) is 5.82 Å². The van der Waals surface area contributed by atoms with Gasteiger partial charge in [-0.2, -0.15) is 0 Å². The zero-order valence-corrected chi connectivity index (χ0v) is 17.6. The van der Waals surface area contributed by atoms with Crippen LogP contribution in [0.1, 0.15) is 42.5 Å². The molecule has 4 heterocycles. The van der Waals surface area contributed by atoms with Crippen LogP contribution in [0, 0.1) is 19.8 Å². The first-order chi connectivity index (χ1) is 13.3. The molecule has 28 heavy (non-hydrogen) atoms. The molecule has 0 spiro atoms. The molecular weight excluding hydrogens is 374 g/mol. The Hall–Kier alpha value is -1.77. The zero-order chi connectivity index (χ0) is 20.0. The number of thiophene rings is 1. The average molecular weight is 404 g/mol. The number of likely N-dealkylation sites (tertiary alicyclic amines) is 1. The van der Waals surface area contributed by atoms with E-state index in [1.54, 1.807) is 11.3 Å². The van der Waals surface area contributed by atoms with Crippen LogP contribution in [0.15, 0.2) is 0 Å². The van der Waals surface area contributed by atoms with Crippen LogP contribution in [0.3, 0.4) is 0 Å². The first-order valence-corrected chi connectivity index (χ1v) is 10.9. The molecule has 8 heteroatoms. The van der Waals surface area contributed by atoms with Crippen molar-refractivity contribution in [2.75, 3.05) is 24.5 Å². The van der Waals surface area contributed by atoms with E-state index in [4.69, 9.17) is 15.7 Å². The number of aliphatic hydroxyl groups excluding tert-OH is 1. The number of primary amides is 1. The van der Waals surface area contributed by atoms with Gasteiger partial charge in [0.25, 0.3) is 0 Å². The molecule has 2 saturated heterocycles. The number of rotatable bonds is 4. The molecular formula is C20H29N5O2S. The third-order valence-corrected chi connectivity index (χ3v) is 7.28. The Morgan fingerprint density at radius 3 is 2.68 bits per heavy atom. The molecule has 2 aliphatic rings. The van der Waals surface area contributed by atoms with Crippen LogP contribution < -0.4 is 10.6 Å². The van der Waals surface area contributed by atoms with Gasteiger partial charge < -0.3 is 15.7 Å². The molecule has 0 saturated carbocycles. The van der Waals surface area contributed by atoms with Crippen LogP contribution in [-0.4, -0.2) is 57.7 Å². The van der Waals surface area contributed by atoms with E-state index in [1.807, 2.05) is 4.90 Å². The summed E-state index contributed by atoms with van der Waals surface area (Å²) in [7, 11) is 0. The zero-order valence-electron chi connectivity index (χ0n) is 16.8. The lowest BCUT2D eigenvalue weighted by atomic mass is 9.99.